The highest BCUT2D eigenvalue weighted by molar-refractivity contribution is 5.48. The van der Waals surface area contributed by atoms with Crippen molar-refractivity contribution in [2.24, 2.45) is 11.7 Å². The molecule has 4 heteroatoms. The van der Waals surface area contributed by atoms with Crippen molar-refractivity contribution in [3.05, 3.63) is 23.8 Å². The zero-order chi connectivity index (χ0) is 14.7. The van der Waals surface area contributed by atoms with E-state index in [4.69, 9.17) is 15.2 Å². The molecule has 0 aliphatic carbocycles. The maximum absolute atomic E-state index is 6.07. The second-order valence-electron chi connectivity index (χ2n) is 5.72. The third kappa shape index (κ3) is 2.76. The van der Waals surface area contributed by atoms with Crippen molar-refractivity contribution in [3.63, 3.8) is 0 Å². The first-order chi connectivity index (χ1) is 9.62. The lowest BCUT2D eigenvalue weighted by Gasteiger charge is -2.32. The molecule has 20 heavy (non-hydrogen) atoms. The van der Waals surface area contributed by atoms with Gasteiger partial charge in [0, 0.05) is 24.7 Å². The van der Waals surface area contributed by atoms with Gasteiger partial charge in [-0.15, -0.1) is 0 Å². The lowest BCUT2D eigenvalue weighted by atomic mass is 10.0. The summed E-state index contributed by atoms with van der Waals surface area (Å²) < 4.78 is 11.0. The fraction of sp³-hybridized carbons (Fsp3) is 0.625. The molecule has 0 amide bonds. The number of para-hydroxylation sites is 1. The first kappa shape index (κ1) is 15.1. The lowest BCUT2D eigenvalue weighted by molar-refractivity contribution is 0.188. The average molecular weight is 278 g/mol. The molecule has 0 radical (unpaired) electrons. The summed E-state index contributed by atoms with van der Waals surface area (Å²) in [4.78, 5) is 2.49. The van der Waals surface area contributed by atoms with Gasteiger partial charge in [-0.05, 0) is 25.3 Å². The Morgan fingerprint density at radius 2 is 2.05 bits per heavy atom. The normalized spacial score (nSPS) is 24.6. The van der Waals surface area contributed by atoms with Gasteiger partial charge in [-0.1, -0.05) is 19.1 Å². The Bertz CT molecular complexity index is 450. The molecule has 1 heterocycles. The maximum Gasteiger partial charge on any atom is 0.165 e. The van der Waals surface area contributed by atoms with Crippen molar-refractivity contribution in [2.45, 2.75) is 32.4 Å². The fourth-order valence-electron chi connectivity index (χ4n) is 3.38. The van der Waals surface area contributed by atoms with Crippen molar-refractivity contribution >= 4 is 0 Å². The van der Waals surface area contributed by atoms with Gasteiger partial charge >= 0.3 is 0 Å². The summed E-state index contributed by atoms with van der Waals surface area (Å²) in [5.74, 6) is 2.29. The minimum absolute atomic E-state index is 0.181. The molecule has 1 saturated heterocycles. The van der Waals surface area contributed by atoms with Crippen molar-refractivity contribution in [2.75, 3.05) is 27.3 Å². The van der Waals surface area contributed by atoms with Gasteiger partial charge in [0.15, 0.2) is 11.5 Å². The lowest BCUT2D eigenvalue weighted by Crippen LogP contribution is -2.36. The Labute approximate surface area is 121 Å². The molecule has 2 N–H and O–H groups in total. The Morgan fingerprint density at radius 1 is 1.30 bits per heavy atom. The summed E-state index contributed by atoms with van der Waals surface area (Å²) in [6.07, 6.45) is 1.22. The van der Waals surface area contributed by atoms with Crippen molar-refractivity contribution in [1.82, 2.24) is 4.90 Å². The summed E-state index contributed by atoms with van der Waals surface area (Å²) in [6, 6.07) is 6.75. The van der Waals surface area contributed by atoms with Crippen LogP contribution in [0.1, 0.15) is 31.9 Å². The highest BCUT2D eigenvalue weighted by Gasteiger charge is 2.33. The van der Waals surface area contributed by atoms with Crippen LogP contribution in [-0.4, -0.2) is 38.3 Å². The third-order valence-corrected chi connectivity index (χ3v) is 4.25. The number of likely N-dealkylation sites (tertiary alicyclic amines) is 1. The smallest absolute Gasteiger partial charge is 0.165 e. The monoisotopic (exact) mass is 278 g/mol. The summed E-state index contributed by atoms with van der Waals surface area (Å²) in [5.41, 5.74) is 7.19. The molecule has 1 aromatic rings. The summed E-state index contributed by atoms with van der Waals surface area (Å²) in [6.45, 7) is 6.25. The van der Waals surface area contributed by atoms with Crippen LogP contribution in [0.5, 0.6) is 11.5 Å². The quantitative estimate of drug-likeness (QED) is 0.898. The summed E-state index contributed by atoms with van der Waals surface area (Å²) >= 11 is 0. The van der Waals surface area contributed by atoms with Crippen LogP contribution in [-0.2, 0) is 0 Å². The Hall–Kier alpha value is -1.26. The predicted molar refractivity (Wildman–Crippen MR) is 81.3 cm³/mol. The molecule has 1 aromatic carbocycles. The van der Waals surface area contributed by atoms with Crippen LogP contribution >= 0.6 is 0 Å². The Kier molecular flexibility index (Phi) is 4.89. The van der Waals surface area contributed by atoms with Gasteiger partial charge in [0.2, 0.25) is 0 Å². The van der Waals surface area contributed by atoms with Crippen LogP contribution in [0, 0.1) is 5.92 Å². The molecule has 4 nitrogen and oxygen atoms in total. The van der Waals surface area contributed by atoms with E-state index in [1.54, 1.807) is 14.2 Å². The van der Waals surface area contributed by atoms with Gasteiger partial charge in [0.05, 0.1) is 20.3 Å². The van der Waals surface area contributed by atoms with E-state index in [0.29, 0.717) is 12.6 Å². The van der Waals surface area contributed by atoms with Crippen molar-refractivity contribution in [3.8, 4) is 11.5 Å². The van der Waals surface area contributed by atoms with E-state index in [2.05, 4.69) is 24.8 Å². The van der Waals surface area contributed by atoms with Crippen LogP contribution in [0.4, 0.5) is 0 Å². The molecule has 1 aliphatic rings. The van der Waals surface area contributed by atoms with Gasteiger partial charge < -0.3 is 15.2 Å². The predicted octanol–water partition coefficient (Wildman–Crippen LogP) is 2.43. The van der Waals surface area contributed by atoms with E-state index in [1.807, 2.05) is 12.1 Å². The van der Waals surface area contributed by atoms with Gasteiger partial charge in [0.25, 0.3) is 0 Å². The molecular formula is C16H26N2O2. The van der Waals surface area contributed by atoms with Gasteiger partial charge in [0.1, 0.15) is 0 Å². The molecule has 0 saturated carbocycles. The maximum atomic E-state index is 6.07. The molecule has 1 fully saturated rings. The number of hydrogen-bond donors (Lipinski definition) is 1. The number of hydrogen-bond acceptors (Lipinski definition) is 4. The fourth-order valence-corrected chi connectivity index (χ4v) is 3.38. The van der Waals surface area contributed by atoms with Crippen LogP contribution < -0.4 is 15.2 Å². The van der Waals surface area contributed by atoms with E-state index in [1.165, 1.54) is 6.42 Å². The molecule has 3 atom stereocenters. The highest BCUT2D eigenvalue weighted by Crippen LogP contribution is 2.39. The van der Waals surface area contributed by atoms with E-state index in [0.717, 1.165) is 29.5 Å². The topological polar surface area (TPSA) is 47.7 Å². The third-order valence-electron chi connectivity index (χ3n) is 4.25. The van der Waals surface area contributed by atoms with Gasteiger partial charge in [-0.2, -0.15) is 0 Å². The molecular weight excluding hydrogens is 252 g/mol. The molecule has 0 spiro atoms. The summed E-state index contributed by atoms with van der Waals surface area (Å²) in [5, 5.41) is 0. The second kappa shape index (κ2) is 6.46. The van der Waals surface area contributed by atoms with Crippen LogP contribution in [0.3, 0.4) is 0 Å². The first-order valence-electron chi connectivity index (χ1n) is 7.29. The summed E-state index contributed by atoms with van der Waals surface area (Å²) in [7, 11) is 3.35. The molecule has 1 aliphatic heterocycles. The Morgan fingerprint density at radius 3 is 2.55 bits per heavy atom. The zero-order valence-corrected chi connectivity index (χ0v) is 12.9. The van der Waals surface area contributed by atoms with Crippen LogP contribution in [0.25, 0.3) is 0 Å². The number of nitrogens with two attached hydrogens (primary N) is 1. The number of ether oxygens (including phenoxy) is 2. The van der Waals surface area contributed by atoms with E-state index in [-0.39, 0.29) is 6.04 Å². The number of benzene rings is 1. The highest BCUT2D eigenvalue weighted by atomic mass is 16.5. The largest absolute Gasteiger partial charge is 0.493 e. The Balaban J connectivity index is 2.37. The van der Waals surface area contributed by atoms with Crippen molar-refractivity contribution in [1.29, 1.82) is 0 Å². The minimum atomic E-state index is 0.181. The van der Waals surface area contributed by atoms with Crippen LogP contribution in [0.2, 0.25) is 0 Å². The van der Waals surface area contributed by atoms with Crippen molar-refractivity contribution < 1.29 is 9.47 Å². The molecule has 0 aromatic heterocycles. The van der Waals surface area contributed by atoms with Crippen LogP contribution in [0.15, 0.2) is 18.2 Å². The zero-order valence-electron chi connectivity index (χ0n) is 12.9. The molecule has 0 bridgehead atoms. The average Bonchev–Trinajstić information content (AvgIpc) is 2.78. The number of methoxy groups -OCH3 is 2. The number of rotatable bonds is 5. The molecule has 3 unspecified atom stereocenters. The SMILES string of the molecule is COc1cccc(C(CN)N2CC(C)CC2C)c1OC. The van der Waals surface area contributed by atoms with E-state index >= 15 is 0 Å². The second-order valence-corrected chi connectivity index (χ2v) is 5.72. The molecule has 112 valence electrons. The standard InChI is InChI=1S/C16H26N2O2/c1-11-8-12(2)18(10-11)14(9-17)13-6-5-7-15(19-3)16(13)20-4/h5-7,11-12,14H,8-10,17H2,1-4H3. The van der Waals surface area contributed by atoms with E-state index in [9.17, 15) is 0 Å². The number of nitrogens with zero attached hydrogens (tertiary/aromatic N) is 1. The van der Waals surface area contributed by atoms with Gasteiger partial charge in [-0.3, -0.25) is 4.90 Å². The molecule has 2 rings (SSSR count). The minimum Gasteiger partial charge on any atom is -0.493 e. The first-order valence-corrected chi connectivity index (χ1v) is 7.29. The van der Waals surface area contributed by atoms with Gasteiger partial charge in [-0.25, -0.2) is 0 Å². The van der Waals surface area contributed by atoms with E-state index < -0.39 is 0 Å².